The zero-order valence-electron chi connectivity index (χ0n) is 35.1. The summed E-state index contributed by atoms with van der Waals surface area (Å²) in [4.78, 5) is 15.2. The number of aliphatic hydroxyl groups excluding tert-OH is 1. The lowest BCUT2D eigenvalue weighted by Crippen LogP contribution is -2.67. The molecule has 12 rings (SSSR count). The number of hydrogen-bond donors (Lipinski definition) is 2. The van der Waals surface area contributed by atoms with Gasteiger partial charge in [0.05, 0.1) is 22.3 Å². The van der Waals surface area contributed by atoms with Crippen LogP contribution in [0.3, 0.4) is 0 Å². The van der Waals surface area contributed by atoms with Gasteiger partial charge >= 0.3 is 6.18 Å². The van der Waals surface area contributed by atoms with E-state index in [1.54, 1.807) is 21.8 Å². The summed E-state index contributed by atoms with van der Waals surface area (Å²) >= 11 is 7.61. The molecule has 2 aromatic heterocycles. The Kier molecular flexibility index (Phi) is 9.44. The zero-order valence-corrected chi connectivity index (χ0v) is 37.5. The minimum atomic E-state index is -4.61. The van der Waals surface area contributed by atoms with Crippen molar-refractivity contribution in [3.63, 3.8) is 0 Å². The molecule has 6 saturated carbocycles. The number of rotatable bonds is 9. The van der Waals surface area contributed by atoms with Crippen LogP contribution in [-0.4, -0.2) is 53.5 Å². The van der Waals surface area contributed by atoms with Crippen LogP contribution >= 0.6 is 22.9 Å². The lowest BCUT2D eigenvalue weighted by atomic mass is 9.32. The first-order chi connectivity index (χ1) is 28.6. The second kappa shape index (κ2) is 13.6. The first kappa shape index (κ1) is 42.2. The van der Waals surface area contributed by atoms with Crippen LogP contribution in [0.1, 0.15) is 108 Å². The number of sulfonamides is 1. The minimum Gasteiger partial charge on any atom is -0.453 e. The highest BCUT2D eigenvalue weighted by Gasteiger charge is 2.75. The standard InChI is InChI=1S/C48H55ClF3NO6S2/c1-42(2)29-8-7-28(33(42)23-29)26-53(61(57,58)40-6-5-21-60-40)27-46(56)18-15-39-44(46,4)17-14-38-43(3)16-13-31(54)24-45(43)19-20-47(38,39)34(25-45)41(55)37-12-11-36(59-37)32-22-30(48(50,51)52)9-10-35(32)49/h5-6,9-12,19-22,25,28-29,31,33,38-39,54,56H,7-8,13-18,23-24,26-27H2,1-4H3/t28-,29-,31?,33-,38+,39+,43+,44-,45-,46+,47+/m0/s1. The van der Waals surface area contributed by atoms with E-state index in [9.17, 15) is 31.8 Å². The number of thiophene rings is 1. The maximum absolute atomic E-state index is 15.2. The van der Waals surface area contributed by atoms with Crippen LogP contribution in [0.5, 0.6) is 0 Å². The molecular weight excluding hydrogens is 843 g/mol. The van der Waals surface area contributed by atoms with Gasteiger partial charge in [-0.2, -0.15) is 17.5 Å². The van der Waals surface area contributed by atoms with Crippen LogP contribution in [0.15, 0.2) is 80.3 Å². The van der Waals surface area contributed by atoms with E-state index in [1.165, 1.54) is 29.5 Å². The second-order valence-corrected chi connectivity index (χ2v) is 24.4. The van der Waals surface area contributed by atoms with Crippen LogP contribution < -0.4 is 0 Å². The number of hydrogen-bond acceptors (Lipinski definition) is 7. The Morgan fingerprint density at radius 2 is 1.70 bits per heavy atom. The van der Waals surface area contributed by atoms with Crippen LogP contribution in [-0.2, 0) is 16.2 Å². The number of carbonyl (C=O) groups excluding carboxylic acids is 1. The number of carbonyl (C=O) groups is 1. The third-order valence-corrected chi connectivity index (χ3v) is 21.8. The number of furan rings is 1. The molecule has 7 nitrogen and oxygen atoms in total. The molecule has 11 atom stereocenters. The molecule has 61 heavy (non-hydrogen) atoms. The molecule has 328 valence electrons. The maximum Gasteiger partial charge on any atom is 0.416 e. The Hall–Kier alpha value is -2.74. The number of fused-ring (bicyclic) bond motifs is 3. The lowest BCUT2D eigenvalue weighted by molar-refractivity contribution is -0.175. The molecule has 0 saturated heterocycles. The van der Waals surface area contributed by atoms with Crippen molar-refractivity contribution in [2.45, 2.75) is 114 Å². The molecule has 4 bridgehead atoms. The number of benzene rings is 1. The number of allylic oxidation sites excluding steroid dienone is 4. The van der Waals surface area contributed by atoms with Gasteiger partial charge in [-0.25, -0.2) is 8.42 Å². The number of alkyl halides is 3. The number of Topliss-reactive ketones (excluding diaryl/α,β-unsaturated/α-hetero) is 1. The van der Waals surface area contributed by atoms with Gasteiger partial charge in [0.1, 0.15) is 9.97 Å². The Morgan fingerprint density at radius 3 is 2.41 bits per heavy atom. The zero-order chi connectivity index (χ0) is 43.3. The van der Waals surface area contributed by atoms with E-state index in [2.05, 4.69) is 45.9 Å². The van der Waals surface area contributed by atoms with Crippen molar-refractivity contribution in [3.05, 3.63) is 88.0 Å². The third kappa shape index (κ3) is 5.82. The first-order valence-electron chi connectivity index (χ1n) is 22.0. The summed E-state index contributed by atoms with van der Waals surface area (Å²) in [6.07, 6.45) is 8.49. The van der Waals surface area contributed by atoms with Gasteiger partial charge in [-0.15, -0.1) is 11.3 Å². The minimum absolute atomic E-state index is 0.0225. The van der Waals surface area contributed by atoms with E-state index in [0.717, 1.165) is 37.8 Å². The van der Waals surface area contributed by atoms with Gasteiger partial charge in [0.2, 0.25) is 5.78 Å². The average molecular weight is 899 g/mol. The Bertz CT molecular complexity index is 2460. The van der Waals surface area contributed by atoms with Crippen molar-refractivity contribution in [2.24, 2.45) is 56.7 Å². The number of ketones is 1. The van der Waals surface area contributed by atoms with E-state index in [4.69, 9.17) is 16.0 Å². The Labute approximate surface area is 365 Å². The predicted octanol–water partition coefficient (Wildman–Crippen LogP) is 11.2. The molecule has 9 aliphatic rings. The number of nitrogens with zero attached hydrogens (tertiary/aromatic N) is 1. The van der Waals surface area contributed by atoms with E-state index in [-0.39, 0.29) is 67.2 Å². The predicted molar refractivity (Wildman–Crippen MR) is 228 cm³/mol. The number of halogens is 4. The Balaban J connectivity index is 1.04. The highest BCUT2D eigenvalue weighted by atomic mass is 35.5. The summed E-state index contributed by atoms with van der Waals surface area (Å²) in [5.74, 6) is 0.601. The van der Waals surface area contributed by atoms with Crippen LogP contribution in [0.2, 0.25) is 5.02 Å². The topological polar surface area (TPSA) is 108 Å². The van der Waals surface area contributed by atoms with Crippen molar-refractivity contribution in [1.82, 2.24) is 4.31 Å². The Morgan fingerprint density at radius 1 is 0.967 bits per heavy atom. The summed E-state index contributed by atoms with van der Waals surface area (Å²) in [7, 11) is -3.95. The highest BCUT2D eigenvalue weighted by molar-refractivity contribution is 7.91. The number of aliphatic hydroxyl groups is 2. The molecule has 0 amide bonds. The molecule has 0 radical (unpaired) electrons. The van der Waals surface area contributed by atoms with E-state index >= 15 is 4.79 Å². The van der Waals surface area contributed by atoms with E-state index in [1.807, 2.05) is 0 Å². The molecule has 2 spiro atoms. The summed E-state index contributed by atoms with van der Waals surface area (Å²) in [6.45, 7) is 9.31. The smallest absolute Gasteiger partial charge is 0.416 e. The van der Waals surface area contributed by atoms with Crippen molar-refractivity contribution in [2.75, 3.05) is 13.1 Å². The normalized spacial score (nSPS) is 39.6. The molecule has 2 N–H and O–H groups in total. The SMILES string of the molecule is CC1(C)[C@H]2CC[C@@H](CN(C[C@]3(O)CC[C@H]4[C@]56C=C[C@@]7(C=C5C(=O)c5ccc(-c8cc(C(F)(F)F)ccc8Cl)o5)CC(O)CC[C@]7(C)[C@H]6CC[C@@]43C)S(=O)(=O)c3cccs3)[C@@H]1C2. The summed E-state index contributed by atoms with van der Waals surface area (Å²) in [5.41, 5.74) is -4.20. The summed E-state index contributed by atoms with van der Waals surface area (Å²) in [5, 5.41) is 26.3. The van der Waals surface area contributed by atoms with Gasteiger partial charge in [-0.3, -0.25) is 4.79 Å². The second-order valence-electron chi connectivity index (χ2n) is 20.9. The van der Waals surface area contributed by atoms with E-state index in [0.29, 0.717) is 62.5 Å². The van der Waals surface area contributed by atoms with Gasteiger partial charge < -0.3 is 14.6 Å². The summed E-state index contributed by atoms with van der Waals surface area (Å²) < 4.78 is 78.7. The molecule has 9 aliphatic carbocycles. The van der Waals surface area contributed by atoms with E-state index < -0.39 is 49.7 Å². The molecule has 6 fully saturated rings. The third-order valence-electron chi connectivity index (χ3n) is 18.3. The quantitative estimate of drug-likeness (QED) is 0.164. The van der Waals surface area contributed by atoms with Crippen LogP contribution in [0.4, 0.5) is 13.2 Å². The van der Waals surface area contributed by atoms with Crippen molar-refractivity contribution >= 4 is 38.7 Å². The molecule has 0 aliphatic heterocycles. The average Bonchev–Trinajstić information content (AvgIpc) is 3.98. The van der Waals surface area contributed by atoms with Crippen LogP contribution in [0, 0.1) is 56.7 Å². The molecule has 1 aromatic carbocycles. The fourth-order valence-corrected chi connectivity index (χ4v) is 17.6. The molecule has 1 unspecified atom stereocenters. The van der Waals surface area contributed by atoms with Gasteiger partial charge in [0.15, 0.2) is 5.76 Å². The summed E-state index contributed by atoms with van der Waals surface area (Å²) in [6, 6.07) is 9.38. The lowest BCUT2D eigenvalue weighted by Gasteiger charge is -2.71. The van der Waals surface area contributed by atoms with Gasteiger partial charge in [-0.1, -0.05) is 63.6 Å². The maximum atomic E-state index is 15.2. The van der Waals surface area contributed by atoms with Crippen molar-refractivity contribution in [1.29, 1.82) is 0 Å². The molecule has 13 heteroatoms. The van der Waals surface area contributed by atoms with Gasteiger partial charge in [0, 0.05) is 40.5 Å². The fourth-order valence-electron chi connectivity index (χ4n) is 14.7. The first-order valence-corrected chi connectivity index (χ1v) is 24.7. The van der Waals surface area contributed by atoms with Gasteiger partial charge in [-0.05, 0) is 146 Å². The molecule has 3 aromatic rings. The highest BCUT2D eigenvalue weighted by Crippen LogP contribution is 2.78. The molecule has 2 heterocycles. The monoisotopic (exact) mass is 897 g/mol. The van der Waals surface area contributed by atoms with Crippen LogP contribution in [0.25, 0.3) is 11.3 Å². The van der Waals surface area contributed by atoms with Gasteiger partial charge in [0.25, 0.3) is 10.0 Å². The fraction of sp³-hybridized carbons (Fsp3) is 0.604. The van der Waals surface area contributed by atoms with Crippen molar-refractivity contribution in [3.8, 4) is 11.3 Å². The molecular formula is C48H55ClF3NO6S2. The van der Waals surface area contributed by atoms with Crippen molar-refractivity contribution < 1.29 is 41.0 Å². The largest absolute Gasteiger partial charge is 0.453 e.